The Morgan fingerprint density at radius 2 is 2.12 bits per heavy atom. The lowest BCUT2D eigenvalue weighted by Crippen LogP contribution is -2.43. The molecule has 4 rings (SSSR count). The number of hydrogen-bond acceptors (Lipinski definition) is 3. The molecule has 0 aliphatic carbocycles. The van der Waals surface area contributed by atoms with Gasteiger partial charge in [-0.25, -0.2) is 0 Å². The van der Waals surface area contributed by atoms with Crippen molar-refractivity contribution in [2.24, 2.45) is 0 Å². The molecule has 2 aromatic carbocycles. The fraction of sp³-hybridized carbons (Fsp3) is 0.263. The van der Waals surface area contributed by atoms with Crippen LogP contribution in [0.25, 0.3) is 0 Å². The van der Waals surface area contributed by atoms with E-state index in [-0.39, 0.29) is 17.9 Å². The fourth-order valence-corrected chi connectivity index (χ4v) is 3.50. The molecular formula is C19H19N3O2. The largest absolute Gasteiger partial charge is 0.358 e. The lowest BCUT2D eigenvalue weighted by atomic mass is 10.1. The van der Waals surface area contributed by atoms with Gasteiger partial charge in [0, 0.05) is 17.8 Å². The monoisotopic (exact) mass is 321 g/mol. The smallest absolute Gasteiger partial charge is 0.255 e. The van der Waals surface area contributed by atoms with Crippen LogP contribution in [0.15, 0.2) is 42.5 Å². The number of nitrogens with zero attached hydrogens (tertiary/aromatic N) is 1. The van der Waals surface area contributed by atoms with Gasteiger partial charge in [0.2, 0.25) is 5.91 Å². The van der Waals surface area contributed by atoms with Crippen molar-refractivity contribution in [3.05, 3.63) is 53.6 Å². The fourth-order valence-electron chi connectivity index (χ4n) is 3.50. The molecule has 2 aliphatic rings. The van der Waals surface area contributed by atoms with E-state index >= 15 is 0 Å². The third-order valence-corrected chi connectivity index (χ3v) is 4.66. The molecule has 2 aromatic rings. The summed E-state index contributed by atoms with van der Waals surface area (Å²) in [5.41, 5.74) is 4.11. The number of nitrogens with one attached hydrogen (secondary N) is 2. The molecule has 1 fully saturated rings. The van der Waals surface area contributed by atoms with Crippen molar-refractivity contribution in [1.29, 1.82) is 0 Å². The molecule has 24 heavy (non-hydrogen) atoms. The maximum absolute atomic E-state index is 12.5. The lowest BCUT2D eigenvalue weighted by molar-refractivity contribution is -0.117. The third kappa shape index (κ3) is 2.52. The Bertz CT molecular complexity index is 831. The van der Waals surface area contributed by atoms with Crippen LogP contribution in [0.3, 0.4) is 0 Å². The Kier molecular flexibility index (Phi) is 3.49. The maximum Gasteiger partial charge on any atom is 0.255 e. The number of anilines is 3. The summed E-state index contributed by atoms with van der Waals surface area (Å²) in [6, 6.07) is 13.1. The SMILES string of the molecule is Cc1cccc(NC(=O)c2ccc3c(c2)NC(=O)C2CCCN32)c1. The van der Waals surface area contributed by atoms with Crippen LogP contribution < -0.4 is 15.5 Å². The summed E-state index contributed by atoms with van der Waals surface area (Å²) in [6.45, 7) is 2.87. The molecule has 0 aromatic heterocycles. The highest BCUT2D eigenvalue weighted by molar-refractivity contribution is 6.08. The highest BCUT2D eigenvalue weighted by Crippen LogP contribution is 2.37. The van der Waals surface area contributed by atoms with Gasteiger partial charge in [-0.3, -0.25) is 9.59 Å². The van der Waals surface area contributed by atoms with Gasteiger partial charge in [-0.1, -0.05) is 12.1 Å². The lowest BCUT2D eigenvalue weighted by Gasteiger charge is -2.33. The van der Waals surface area contributed by atoms with Crippen molar-refractivity contribution >= 4 is 28.9 Å². The van der Waals surface area contributed by atoms with Crippen molar-refractivity contribution in [3.63, 3.8) is 0 Å². The first-order chi connectivity index (χ1) is 11.6. The van der Waals surface area contributed by atoms with Gasteiger partial charge >= 0.3 is 0 Å². The van der Waals surface area contributed by atoms with Crippen molar-refractivity contribution < 1.29 is 9.59 Å². The highest BCUT2D eigenvalue weighted by atomic mass is 16.2. The molecule has 0 saturated carbocycles. The van der Waals surface area contributed by atoms with E-state index in [4.69, 9.17) is 0 Å². The Morgan fingerprint density at radius 1 is 1.25 bits per heavy atom. The minimum atomic E-state index is -0.179. The van der Waals surface area contributed by atoms with Gasteiger partial charge < -0.3 is 15.5 Å². The normalized spacial score (nSPS) is 18.6. The molecule has 2 amide bonds. The zero-order chi connectivity index (χ0) is 16.7. The average molecular weight is 321 g/mol. The van der Waals surface area contributed by atoms with E-state index < -0.39 is 0 Å². The summed E-state index contributed by atoms with van der Waals surface area (Å²) in [7, 11) is 0. The summed E-state index contributed by atoms with van der Waals surface area (Å²) in [4.78, 5) is 26.8. The number of carbonyl (C=O) groups is 2. The average Bonchev–Trinajstić information content (AvgIpc) is 3.05. The second-order valence-electron chi connectivity index (χ2n) is 6.40. The maximum atomic E-state index is 12.5. The van der Waals surface area contributed by atoms with Crippen molar-refractivity contribution in [1.82, 2.24) is 0 Å². The van der Waals surface area contributed by atoms with E-state index in [1.807, 2.05) is 43.3 Å². The topological polar surface area (TPSA) is 61.4 Å². The van der Waals surface area contributed by atoms with E-state index in [0.29, 0.717) is 5.56 Å². The predicted molar refractivity (Wildman–Crippen MR) is 94.6 cm³/mol. The van der Waals surface area contributed by atoms with Crippen LogP contribution in [0.2, 0.25) is 0 Å². The summed E-state index contributed by atoms with van der Waals surface area (Å²) in [6.07, 6.45) is 1.91. The summed E-state index contributed by atoms with van der Waals surface area (Å²) >= 11 is 0. The minimum absolute atomic E-state index is 0.0243. The van der Waals surface area contributed by atoms with Crippen LogP contribution in [0, 0.1) is 6.92 Å². The van der Waals surface area contributed by atoms with Crippen LogP contribution >= 0.6 is 0 Å². The Hall–Kier alpha value is -2.82. The second-order valence-corrected chi connectivity index (χ2v) is 6.40. The van der Waals surface area contributed by atoms with Crippen LogP contribution in [0.5, 0.6) is 0 Å². The molecule has 1 atom stereocenters. The predicted octanol–water partition coefficient (Wildman–Crippen LogP) is 3.17. The molecule has 0 radical (unpaired) electrons. The number of aryl methyl sites for hydroxylation is 1. The second kappa shape index (κ2) is 5.67. The number of benzene rings is 2. The molecule has 2 N–H and O–H groups in total. The van der Waals surface area contributed by atoms with Crippen molar-refractivity contribution in [2.45, 2.75) is 25.8 Å². The highest BCUT2D eigenvalue weighted by Gasteiger charge is 2.36. The molecule has 1 unspecified atom stereocenters. The molecule has 0 bridgehead atoms. The van der Waals surface area contributed by atoms with E-state index in [0.717, 1.165) is 42.0 Å². The molecule has 0 spiro atoms. The van der Waals surface area contributed by atoms with Crippen LogP contribution in [0.4, 0.5) is 17.1 Å². The zero-order valence-corrected chi connectivity index (χ0v) is 13.5. The molecule has 5 heteroatoms. The standard InChI is InChI=1S/C19H19N3O2/c1-12-4-2-5-14(10-12)20-18(23)13-7-8-16-15(11-13)21-19(24)17-6-3-9-22(16)17/h2,4-5,7-8,10-11,17H,3,6,9H2,1H3,(H,20,23)(H,21,24). The number of fused-ring (bicyclic) bond motifs is 3. The first kappa shape index (κ1) is 14.8. The quantitative estimate of drug-likeness (QED) is 0.893. The first-order valence-corrected chi connectivity index (χ1v) is 8.21. The molecule has 2 aliphatic heterocycles. The Morgan fingerprint density at radius 3 is 2.96 bits per heavy atom. The molecule has 2 heterocycles. The van der Waals surface area contributed by atoms with Gasteiger partial charge in [0.15, 0.2) is 0 Å². The van der Waals surface area contributed by atoms with E-state index in [9.17, 15) is 9.59 Å². The summed E-state index contributed by atoms with van der Waals surface area (Å²) in [5.74, 6) is -0.155. The minimum Gasteiger partial charge on any atom is -0.358 e. The molecule has 122 valence electrons. The number of carbonyl (C=O) groups excluding carboxylic acids is 2. The van der Waals surface area contributed by atoms with Gasteiger partial charge in [-0.15, -0.1) is 0 Å². The number of amides is 2. The van der Waals surface area contributed by atoms with Crippen molar-refractivity contribution in [2.75, 3.05) is 22.1 Å². The molecular weight excluding hydrogens is 302 g/mol. The molecule has 1 saturated heterocycles. The van der Waals surface area contributed by atoms with Gasteiger partial charge in [0.1, 0.15) is 6.04 Å². The zero-order valence-electron chi connectivity index (χ0n) is 13.5. The van der Waals surface area contributed by atoms with E-state index in [2.05, 4.69) is 15.5 Å². The Balaban J connectivity index is 1.60. The van der Waals surface area contributed by atoms with E-state index in [1.54, 1.807) is 6.07 Å². The first-order valence-electron chi connectivity index (χ1n) is 8.21. The van der Waals surface area contributed by atoms with Gasteiger partial charge in [0.05, 0.1) is 11.4 Å². The third-order valence-electron chi connectivity index (χ3n) is 4.66. The molecule has 5 nitrogen and oxygen atoms in total. The Labute approximate surface area is 140 Å². The van der Waals surface area contributed by atoms with Gasteiger partial charge in [0.25, 0.3) is 5.91 Å². The van der Waals surface area contributed by atoms with Crippen LogP contribution in [-0.2, 0) is 4.79 Å². The number of hydrogen-bond donors (Lipinski definition) is 2. The van der Waals surface area contributed by atoms with Crippen molar-refractivity contribution in [3.8, 4) is 0 Å². The van der Waals surface area contributed by atoms with Gasteiger partial charge in [-0.2, -0.15) is 0 Å². The van der Waals surface area contributed by atoms with Crippen LogP contribution in [-0.4, -0.2) is 24.4 Å². The number of rotatable bonds is 2. The summed E-state index contributed by atoms with van der Waals surface area (Å²) < 4.78 is 0. The van der Waals surface area contributed by atoms with Crippen LogP contribution in [0.1, 0.15) is 28.8 Å². The van der Waals surface area contributed by atoms with E-state index in [1.165, 1.54) is 0 Å². The summed E-state index contributed by atoms with van der Waals surface area (Å²) in [5, 5.41) is 5.84. The van der Waals surface area contributed by atoms with Gasteiger partial charge in [-0.05, 0) is 55.7 Å².